The second kappa shape index (κ2) is 5.24. The summed E-state index contributed by atoms with van der Waals surface area (Å²) in [6.07, 6.45) is -4.96. The van der Waals surface area contributed by atoms with Crippen molar-refractivity contribution in [3.63, 3.8) is 0 Å². The van der Waals surface area contributed by atoms with Gasteiger partial charge in [0.25, 0.3) is 0 Å². The number of methoxy groups -OCH3 is 1. The van der Waals surface area contributed by atoms with E-state index in [9.17, 15) is 22.8 Å². The second-order valence-electron chi connectivity index (χ2n) is 3.41. The number of alkyl halides is 3. The van der Waals surface area contributed by atoms with E-state index < -0.39 is 24.0 Å². The van der Waals surface area contributed by atoms with Gasteiger partial charge in [-0.1, -0.05) is 6.32 Å². The van der Waals surface area contributed by atoms with Crippen molar-refractivity contribution in [2.45, 2.75) is 12.5 Å². The summed E-state index contributed by atoms with van der Waals surface area (Å²) in [6.45, 7) is 0. The van der Waals surface area contributed by atoms with Crippen LogP contribution in [0.25, 0.3) is 0 Å². The molecule has 1 aromatic rings. The third-order valence-corrected chi connectivity index (χ3v) is 2.32. The fourth-order valence-corrected chi connectivity index (χ4v) is 1.53. The molecule has 0 aliphatic rings. The zero-order chi connectivity index (χ0) is 13.9. The molecule has 0 saturated carbocycles. The van der Waals surface area contributed by atoms with Crippen LogP contribution in [0.15, 0.2) is 12.1 Å². The average molecular weight is 256 g/mol. The minimum atomic E-state index is -4.70. The number of hydrogen-bond acceptors (Lipinski definition) is 3. The average Bonchev–Trinajstić information content (AvgIpc) is 2.34. The number of ether oxygens (including phenoxy) is 1. The van der Waals surface area contributed by atoms with Crippen LogP contribution in [0.4, 0.5) is 13.2 Å². The number of carbonyl (C=O) groups is 2. The first-order valence-corrected chi connectivity index (χ1v) is 4.82. The van der Waals surface area contributed by atoms with Crippen molar-refractivity contribution in [1.29, 1.82) is 0 Å². The van der Waals surface area contributed by atoms with Crippen LogP contribution in [0.5, 0.6) is 0 Å². The van der Waals surface area contributed by atoms with Gasteiger partial charge in [-0.2, -0.15) is 13.2 Å². The fraction of sp³-hybridized carbons (Fsp3) is 0.273. The van der Waals surface area contributed by atoms with E-state index in [4.69, 9.17) is 7.85 Å². The van der Waals surface area contributed by atoms with E-state index in [1.807, 2.05) is 0 Å². The van der Waals surface area contributed by atoms with Crippen LogP contribution in [-0.4, -0.2) is 27.2 Å². The molecule has 0 aromatic heterocycles. The number of esters is 1. The van der Waals surface area contributed by atoms with Gasteiger partial charge in [0, 0.05) is 5.56 Å². The zero-order valence-electron chi connectivity index (χ0n) is 9.38. The first-order chi connectivity index (χ1) is 8.35. The van der Waals surface area contributed by atoms with Gasteiger partial charge in [0.05, 0.1) is 26.1 Å². The van der Waals surface area contributed by atoms with Gasteiger partial charge in [0.15, 0.2) is 0 Å². The van der Waals surface area contributed by atoms with Crippen molar-refractivity contribution >= 4 is 20.1 Å². The van der Waals surface area contributed by atoms with E-state index in [1.54, 1.807) is 0 Å². The Balaban J connectivity index is 3.60. The highest BCUT2D eigenvalue weighted by molar-refractivity contribution is 6.10. The standard InChI is InChI=1S/C11H8BF3O3/c1-18-10(17)7-2-6(5-16)3-9(8(7)4-12)11(13,14)15/h2-3,5H,4H2,1H3. The maximum Gasteiger partial charge on any atom is 0.416 e. The molecule has 1 aromatic carbocycles. The lowest BCUT2D eigenvalue weighted by Gasteiger charge is -2.15. The van der Waals surface area contributed by atoms with Gasteiger partial charge in [-0.05, 0) is 17.7 Å². The van der Waals surface area contributed by atoms with Crippen LogP contribution in [0.3, 0.4) is 0 Å². The van der Waals surface area contributed by atoms with Crippen molar-refractivity contribution in [1.82, 2.24) is 0 Å². The number of aldehydes is 1. The Morgan fingerprint density at radius 2 is 2.06 bits per heavy atom. The molecule has 1 rings (SSSR count). The molecule has 3 nitrogen and oxygen atoms in total. The van der Waals surface area contributed by atoms with Gasteiger partial charge in [-0.15, -0.1) is 0 Å². The predicted octanol–water partition coefficient (Wildman–Crippen LogP) is 1.97. The largest absolute Gasteiger partial charge is 0.465 e. The highest BCUT2D eigenvalue weighted by atomic mass is 19.4. The molecule has 0 amide bonds. The number of hydrogen-bond donors (Lipinski definition) is 0. The van der Waals surface area contributed by atoms with E-state index in [0.29, 0.717) is 6.07 Å². The summed E-state index contributed by atoms with van der Waals surface area (Å²) in [6, 6.07) is 1.68. The first kappa shape index (κ1) is 14.3. The number of rotatable bonds is 3. The molecule has 0 N–H and O–H groups in total. The highest BCUT2D eigenvalue weighted by Gasteiger charge is 2.35. The third-order valence-electron chi connectivity index (χ3n) is 2.32. The monoisotopic (exact) mass is 256 g/mol. The van der Waals surface area contributed by atoms with Crippen LogP contribution in [0.1, 0.15) is 31.8 Å². The molecule has 0 heterocycles. The summed E-state index contributed by atoms with van der Waals surface area (Å²) in [7, 11) is 6.27. The van der Waals surface area contributed by atoms with Crippen LogP contribution in [0, 0.1) is 0 Å². The molecule has 0 unspecified atom stereocenters. The van der Waals surface area contributed by atoms with Crippen LogP contribution in [-0.2, 0) is 17.2 Å². The Morgan fingerprint density at radius 3 is 2.44 bits per heavy atom. The highest BCUT2D eigenvalue weighted by Crippen LogP contribution is 2.34. The van der Waals surface area contributed by atoms with E-state index in [-0.39, 0.29) is 23.0 Å². The van der Waals surface area contributed by atoms with Crippen LogP contribution in [0.2, 0.25) is 0 Å². The van der Waals surface area contributed by atoms with Crippen molar-refractivity contribution < 1.29 is 27.5 Å². The molecule has 0 aliphatic heterocycles. The van der Waals surface area contributed by atoms with Gasteiger partial charge < -0.3 is 4.74 Å². The number of benzene rings is 1. The van der Waals surface area contributed by atoms with Gasteiger partial charge in [-0.25, -0.2) is 4.79 Å². The number of carbonyl (C=O) groups excluding carboxylic acids is 2. The van der Waals surface area contributed by atoms with Crippen LogP contribution < -0.4 is 0 Å². The molecule has 2 radical (unpaired) electrons. The van der Waals surface area contributed by atoms with E-state index in [0.717, 1.165) is 13.2 Å². The Labute approximate surface area is 102 Å². The summed E-state index contributed by atoms with van der Waals surface area (Å²) < 4.78 is 42.7. The summed E-state index contributed by atoms with van der Waals surface area (Å²) in [5.41, 5.74) is -2.10. The molecule has 94 valence electrons. The van der Waals surface area contributed by atoms with Crippen molar-refractivity contribution in [2.75, 3.05) is 7.11 Å². The molecular weight excluding hydrogens is 248 g/mol. The maximum absolute atomic E-state index is 12.8. The summed E-state index contributed by atoms with van der Waals surface area (Å²) >= 11 is 0. The SMILES string of the molecule is [B]Cc1c(C(=O)OC)cc(C=O)cc1C(F)(F)F. The lowest BCUT2D eigenvalue weighted by atomic mass is 9.87. The van der Waals surface area contributed by atoms with Crippen molar-refractivity contribution in [3.8, 4) is 0 Å². The van der Waals surface area contributed by atoms with Crippen molar-refractivity contribution in [3.05, 3.63) is 34.4 Å². The lowest BCUT2D eigenvalue weighted by molar-refractivity contribution is -0.138. The van der Waals surface area contributed by atoms with Crippen LogP contribution >= 0.6 is 0 Å². The van der Waals surface area contributed by atoms with E-state index in [1.165, 1.54) is 0 Å². The van der Waals surface area contributed by atoms with E-state index >= 15 is 0 Å². The van der Waals surface area contributed by atoms with Gasteiger partial charge in [-0.3, -0.25) is 4.79 Å². The Kier molecular flexibility index (Phi) is 4.16. The fourth-order valence-electron chi connectivity index (χ4n) is 1.53. The Morgan fingerprint density at radius 1 is 1.44 bits per heavy atom. The minimum Gasteiger partial charge on any atom is -0.465 e. The molecule has 0 aliphatic carbocycles. The molecule has 18 heavy (non-hydrogen) atoms. The maximum atomic E-state index is 12.8. The third kappa shape index (κ3) is 2.72. The molecular formula is C11H8BF3O3. The molecule has 0 spiro atoms. The van der Waals surface area contributed by atoms with Gasteiger partial charge in [0.1, 0.15) is 6.29 Å². The van der Waals surface area contributed by atoms with Crippen molar-refractivity contribution in [2.24, 2.45) is 0 Å². The minimum absolute atomic E-state index is 0.224. The second-order valence-corrected chi connectivity index (χ2v) is 3.41. The molecule has 7 heteroatoms. The Bertz CT molecular complexity index is 483. The summed E-state index contributed by atoms with van der Waals surface area (Å²) in [5.74, 6) is -0.968. The molecule has 0 bridgehead atoms. The number of halogens is 3. The van der Waals surface area contributed by atoms with Gasteiger partial charge >= 0.3 is 12.1 Å². The predicted molar refractivity (Wildman–Crippen MR) is 57.6 cm³/mol. The Hall–Kier alpha value is -1.79. The zero-order valence-corrected chi connectivity index (χ0v) is 9.38. The molecule has 0 saturated heterocycles. The molecule has 0 atom stereocenters. The first-order valence-electron chi connectivity index (χ1n) is 4.82. The lowest BCUT2D eigenvalue weighted by Crippen LogP contribution is -2.16. The molecule has 0 fully saturated rings. The van der Waals surface area contributed by atoms with Gasteiger partial charge in [0.2, 0.25) is 0 Å². The van der Waals surface area contributed by atoms with E-state index in [2.05, 4.69) is 4.74 Å². The topological polar surface area (TPSA) is 43.4 Å². The smallest absolute Gasteiger partial charge is 0.416 e. The quantitative estimate of drug-likeness (QED) is 0.471. The summed E-state index contributed by atoms with van der Waals surface area (Å²) in [5, 5.41) is 0. The summed E-state index contributed by atoms with van der Waals surface area (Å²) in [4.78, 5) is 22.0. The normalized spacial score (nSPS) is 11.1.